The molecule has 0 aromatic heterocycles. The molecular formula is C23H30O3S. The van der Waals surface area contributed by atoms with Crippen molar-refractivity contribution in [2.45, 2.75) is 52.1 Å². The number of aryl methyl sites for hydroxylation is 1. The minimum atomic E-state index is -1.20. The monoisotopic (exact) mass is 386 g/mol. The summed E-state index contributed by atoms with van der Waals surface area (Å²) in [7, 11) is 0.478. The highest BCUT2D eigenvalue weighted by atomic mass is 32.2. The number of aliphatic hydroxyl groups excluding tert-OH is 1. The van der Waals surface area contributed by atoms with Gasteiger partial charge in [0.1, 0.15) is 5.75 Å². The van der Waals surface area contributed by atoms with Crippen molar-refractivity contribution in [2.24, 2.45) is 16.7 Å². The van der Waals surface area contributed by atoms with Crippen molar-refractivity contribution in [2.75, 3.05) is 12.9 Å². The number of hydrogen-bond donors (Lipinski definition) is 1. The van der Waals surface area contributed by atoms with Gasteiger partial charge in [0, 0.05) is 16.1 Å². The normalized spacial score (nSPS) is 31.9. The predicted molar refractivity (Wildman–Crippen MR) is 111 cm³/mol. The topological polar surface area (TPSA) is 46.5 Å². The first-order chi connectivity index (χ1) is 12.8. The summed E-state index contributed by atoms with van der Waals surface area (Å²) in [5.74, 6) is 1.91. The number of aliphatic hydroxyl groups is 1. The van der Waals surface area contributed by atoms with Crippen molar-refractivity contribution >= 4 is 16.4 Å². The number of hydrogen-bond acceptors (Lipinski definition) is 3. The largest absolute Gasteiger partial charge is 0.497 e. The molecule has 146 valence electrons. The molecule has 0 amide bonds. The summed E-state index contributed by atoms with van der Waals surface area (Å²) in [5, 5.41) is 10.8. The second-order valence-corrected chi connectivity index (χ2v) is 10.4. The van der Waals surface area contributed by atoms with Crippen LogP contribution >= 0.6 is 0 Å². The molecular weight excluding hydrogens is 356 g/mol. The van der Waals surface area contributed by atoms with Gasteiger partial charge in [-0.15, -0.1) is 0 Å². The van der Waals surface area contributed by atoms with Crippen molar-refractivity contribution in [3.8, 4) is 5.75 Å². The zero-order valence-electron chi connectivity index (χ0n) is 16.6. The van der Waals surface area contributed by atoms with Crippen molar-refractivity contribution in [3.63, 3.8) is 0 Å². The summed E-state index contributed by atoms with van der Waals surface area (Å²) in [6.45, 7) is 8.74. The second-order valence-electron chi connectivity index (χ2n) is 8.96. The van der Waals surface area contributed by atoms with E-state index in [4.69, 9.17) is 4.74 Å². The summed E-state index contributed by atoms with van der Waals surface area (Å²) in [6.07, 6.45) is 6.67. The Morgan fingerprint density at radius 3 is 2.81 bits per heavy atom. The van der Waals surface area contributed by atoms with E-state index in [0.717, 1.165) is 49.0 Å². The molecule has 0 spiro atoms. The molecule has 2 fully saturated rings. The molecule has 1 aromatic rings. The molecule has 0 radical (unpaired) electrons. The molecule has 0 unspecified atom stereocenters. The second kappa shape index (κ2) is 6.59. The first kappa shape index (κ1) is 18.9. The van der Waals surface area contributed by atoms with Crippen molar-refractivity contribution < 1.29 is 14.1 Å². The van der Waals surface area contributed by atoms with E-state index in [1.807, 2.05) is 6.07 Å². The van der Waals surface area contributed by atoms with Gasteiger partial charge in [0.05, 0.1) is 24.0 Å². The van der Waals surface area contributed by atoms with Gasteiger partial charge in [-0.2, -0.15) is 0 Å². The Balaban J connectivity index is 1.59. The van der Waals surface area contributed by atoms with E-state index in [0.29, 0.717) is 16.6 Å². The van der Waals surface area contributed by atoms with Gasteiger partial charge in [-0.1, -0.05) is 32.6 Å². The van der Waals surface area contributed by atoms with Crippen LogP contribution in [0.2, 0.25) is 0 Å². The molecule has 1 aromatic carbocycles. The van der Waals surface area contributed by atoms with Crippen molar-refractivity contribution in [1.29, 1.82) is 0 Å². The summed E-state index contributed by atoms with van der Waals surface area (Å²) < 4.78 is 18.7. The number of methoxy groups -OCH3 is 1. The molecule has 1 N–H and O–H groups in total. The Morgan fingerprint density at radius 2 is 2.19 bits per heavy atom. The van der Waals surface area contributed by atoms with Gasteiger partial charge >= 0.3 is 0 Å². The minimum absolute atomic E-state index is 0.0363. The highest BCUT2D eigenvalue weighted by Gasteiger charge is 2.64. The van der Waals surface area contributed by atoms with Crippen LogP contribution in [0, 0.1) is 16.7 Å². The van der Waals surface area contributed by atoms with Gasteiger partial charge < -0.3 is 9.84 Å². The minimum Gasteiger partial charge on any atom is -0.497 e. The third-order valence-electron chi connectivity index (χ3n) is 7.72. The molecule has 3 nitrogen and oxygen atoms in total. The van der Waals surface area contributed by atoms with Crippen LogP contribution < -0.4 is 4.74 Å². The fourth-order valence-electron chi connectivity index (χ4n) is 5.74. The Hall–Kier alpha value is -1.39. The maximum absolute atomic E-state index is 13.4. The first-order valence-corrected chi connectivity index (χ1v) is 11.3. The van der Waals surface area contributed by atoms with Crippen LogP contribution in [0.15, 0.2) is 35.8 Å². The Labute approximate surface area is 165 Å². The third-order valence-corrected chi connectivity index (χ3v) is 9.26. The molecule has 3 aliphatic rings. The zero-order chi connectivity index (χ0) is 19.4. The van der Waals surface area contributed by atoms with E-state index in [1.54, 1.807) is 7.11 Å². The molecule has 4 atom stereocenters. The number of rotatable bonds is 5. The van der Waals surface area contributed by atoms with Crippen LogP contribution in [0.4, 0.5) is 0 Å². The van der Waals surface area contributed by atoms with Gasteiger partial charge in [0.25, 0.3) is 0 Å². The van der Waals surface area contributed by atoms with Crippen LogP contribution in [0.1, 0.15) is 50.7 Å². The molecule has 4 heteroatoms. The van der Waals surface area contributed by atoms with E-state index < -0.39 is 10.8 Å². The fraction of sp³-hybridized carbons (Fsp3) is 0.565. The predicted octanol–water partition coefficient (Wildman–Crippen LogP) is 4.47. The van der Waals surface area contributed by atoms with Gasteiger partial charge in [0.15, 0.2) is 0 Å². The lowest BCUT2D eigenvalue weighted by Gasteiger charge is -2.40. The lowest BCUT2D eigenvalue weighted by Crippen LogP contribution is -2.43. The molecule has 2 saturated carbocycles. The quantitative estimate of drug-likeness (QED) is 0.812. The van der Waals surface area contributed by atoms with Crippen LogP contribution in [-0.2, 0) is 17.2 Å². The van der Waals surface area contributed by atoms with Crippen LogP contribution in [0.5, 0.6) is 5.75 Å². The lowest BCUT2D eigenvalue weighted by molar-refractivity contribution is 0.0162. The van der Waals surface area contributed by atoms with Gasteiger partial charge in [0.2, 0.25) is 0 Å². The molecule has 0 aliphatic heterocycles. The van der Waals surface area contributed by atoms with E-state index in [9.17, 15) is 9.32 Å². The standard InChI is InChI=1S/C23H30O3S/c1-15(19-7-5-6-16-12-18(26-4)8-9-20(16)19)27(25)14-23-11-10-17(13-21(23)24)22(23,2)3/h7-9,12,17,21,24H,1,5-6,10-11,13-14H2,2-4H3/t17-,21-,23-,27-/m1/s1. The Bertz CT molecular complexity index is 838. The number of benzene rings is 1. The SMILES string of the molecule is C=C(C1=CCCc2cc(OC)ccc21)[S@](=O)C[C@]12CC[C@H](C[C@H]1O)C2(C)C. The fourth-order valence-corrected chi connectivity index (χ4v) is 7.53. The smallest absolute Gasteiger partial charge is 0.119 e. The maximum atomic E-state index is 13.4. The van der Waals surface area contributed by atoms with Crippen LogP contribution in [0.25, 0.3) is 5.57 Å². The lowest BCUT2D eigenvalue weighted by atomic mass is 9.70. The van der Waals surface area contributed by atoms with Gasteiger partial charge in [-0.25, -0.2) is 0 Å². The van der Waals surface area contributed by atoms with E-state index in [2.05, 4.69) is 38.6 Å². The van der Waals surface area contributed by atoms with E-state index in [1.165, 1.54) is 5.56 Å². The summed E-state index contributed by atoms with van der Waals surface area (Å²) in [6, 6.07) is 6.08. The average Bonchev–Trinajstić information content (AvgIpc) is 3.01. The van der Waals surface area contributed by atoms with Crippen molar-refractivity contribution in [3.05, 3.63) is 46.9 Å². The molecule has 4 rings (SSSR count). The molecule has 3 aliphatic carbocycles. The summed E-state index contributed by atoms with van der Waals surface area (Å²) >= 11 is 0. The molecule has 0 heterocycles. The molecule has 2 bridgehead atoms. The van der Waals surface area contributed by atoms with Gasteiger partial charge in [-0.3, -0.25) is 4.21 Å². The van der Waals surface area contributed by atoms with Crippen molar-refractivity contribution in [1.82, 2.24) is 0 Å². The van der Waals surface area contributed by atoms with Crippen LogP contribution in [0.3, 0.4) is 0 Å². The molecule has 27 heavy (non-hydrogen) atoms. The maximum Gasteiger partial charge on any atom is 0.119 e. The van der Waals surface area contributed by atoms with E-state index in [-0.39, 0.29) is 16.9 Å². The highest BCUT2D eigenvalue weighted by molar-refractivity contribution is 7.89. The Morgan fingerprint density at radius 1 is 1.41 bits per heavy atom. The number of fused-ring (bicyclic) bond motifs is 3. The van der Waals surface area contributed by atoms with E-state index >= 15 is 0 Å². The molecule has 0 saturated heterocycles. The zero-order valence-corrected chi connectivity index (χ0v) is 17.4. The number of ether oxygens (including phenoxy) is 1. The average molecular weight is 387 g/mol. The summed E-state index contributed by atoms with van der Waals surface area (Å²) in [4.78, 5) is 0.703. The number of allylic oxidation sites excluding steroid dienone is 2. The highest BCUT2D eigenvalue weighted by Crippen LogP contribution is 2.66. The van der Waals surface area contributed by atoms with Gasteiger partial charge in [-0.05, 0) is 72.3 Å². The Kier molecular flexibility index (Phi) is 4.63. The first-order valence-electron chi connectivity index (χ1n) is 9.93. The summed E-state index contributed by atoms with van der Waals surface area (Å²) in [5.41, 5.74) is 3.14. The third kappa shape index (κ3) is 2.75. The van der Waals surface area contributed by atoms with Crippen LogP contribution in [-0.4, -0.2) is 28.3 Å².